The second-order valence-electron chi connectivity index (χ2n) is 6.65. The lowest BCUT2D eigenvalue weighted by Gasteiger charge is -2.10. The molecule has 0 saturated heterocycles. The second-order valence-corrected chi connectivity index (χ2v) is 6.65. The number of aryl methyl sites for hydroxylation is 1. The standard InChI is InChI=1S/C21H16F3N5O/c1-13-9-25-29(11-14-8-16(22)6-7-17(14)23)20(13)27-21(30)15-10-26-28(12-15)19-5-3-2-4-18(19)24/h2-10,12H,11H2,1H3,(H,27,30). The first-order valence-corrected chi connectivity index (χ1v) is 8.99. The van der Waals surface area contributed by atoms with Gasteiger partial charge in [-0.1, -0.05) is 12.1 Å². The number of benzene rings is 2. The summed E-state index contributed by atoms with van der Waals surface area (Å²) >= 11 is 0. The van der Waals surface area contributed by atoms with Gasteiger partial charge in [-0.05, 0) is 37.3 Å². The zero-order valence-electron chi connectivity index (χ0n) is 15.8. The van der Waals surface area contributed by atoms with Gasteiger partial charge in [0, 0.05) is 17.3 Å². The molecular formula is C21H16F3N5O. The monoisotopic (exact) mass is 411 g/mol. The predicted octanol–water partition coefficient (Wildman–Crippen LogP) is 4.10. The zero-order chi connectivity index (χ0) is 21.3. The normalized spacial score (nSPS) is 10.9. The summed E-state index contributed by atoms with van der Waals surface area (Å²) < 4.78 is 44.0. The van der Waals surface area contributed by atoms with E-state index in [9.17, 15) is 18.0 Å². The summed E-state index contributed by atoms with van der Waals surface area (Å²) in [7, 11) is 0. The molecule has 6 nitrogen and oxygen atoms in total. The molecule has 4 aromatic rings. The number of aromatic nitrogens is 4. The Balaban J connectivity index is 1.57. The molecular weight excluding hydrogens is 395 g/mol. The van der Waals surface area contributed by atoms with Gasteiger partial charge in [0.2, 0.25) is 0 Å². The third-order valence-corrected chi connectivity index (χ3v) is 4.53. The van der Waals surface area contributed by atoms with Crippen molar-refractivity contribution in [1.82, 2.24) is 19.6 Å². The van der Waals surface area contributed by atoms with Crippen LogP contribution in [0.2, 0.25) is 0 Å². The van der Waals surface area contributed by atoms with Gasteiger partial charge >= 0.3 is 0 Å². The lowest BCUT2D eigenvalue weighted by molar-refractivity contribution is 0.102. The zero-order valence-corrected chi connectivity index (χ0v) is 15.8. The number of carbonyl (C=O) groups excluding carboxylic acids is 1. The van der Waals surface area contributed by atoms with Crippen molar-refractivity contribution < 1.29 is 18.0 Å². The van der Waals surface area contributed by atoms with Crippen LogP contribution in [-0.4, -0.2) is 25.5 Å². The number of rotatable bonds is 5. The Labute approximate surface area is 169 Å². The molecule has 1 amide bonds. The number of hydrogen-bond donors (Lipinski definition) is 1. The molecule has 0 atom stereocenters. The molecule has 4 rings (SSSR count). The Morgan fingerprint density at radius 3 is 2.63 bits per heavy atom. The molecule has 2 heterocycles. The fourth-order valence-electron chi connectivity index (χ4n) is 2.98. The minimum Gasteiger partial charge on any atom is -0.306 e. The van der Waals surface area contributed by atoms with Crippen molar-refractivity contribution in [1.29, 1.82) is 0 Å². The minimum absolute atomic E-state index is 0.0679. The first kappa shape index (κ1) is 19.4. The molecule has 2 aromatic carbocycles. The molecule has 0 unspecified atom stereocenters. The molecule has 0 aliphatic heterocycles. The van der Waals surface area contributed by atoms with Gasteiger partial charge in [0.1, 0.15) is 29.0 Å². The fraction of sp³-hybridized carbons (Fsp3) is 0.0952. The van der Waals surface area contributed by atoms with E-state index in [-0.39, 0.29) is 23.4 Å². The SMILES string of the molecule is Cc1cnn(Cc2cc(F)ccc2F)c1NC(=O)c1cnn(-c2ccccc2F)c1. The molecule has 30 heavy (non-hydrogen) atoms. The molecule has 9 heteroatoms. The van der Waals surface area contributed by atoms with Gasteiger partial charge in [-0.3, -0.25) is 4.79 Å². The van der Waals surface area contributed by atoms with E-state index in [0.29, 0.717) is 11.4 Å². The van der Waals surface area contributed by atoms with Crippen molar-refractivity contribution >= 4 is 11.7 Å². The summed E-state index contributed by atoms with van der Waals surface area (Å²) in [5.41, 5.74) is 1.14. The molecule has 0 bridgehead atoms. The maximum Gasteiger partial charge on any atom is 0.260 e. The Kier molecular flexibility index (Phi) is 5.09. The van der Waals surface area contributed by atoms with Crippen LogP contribution in [0.4, 0.5) is 19.0 Å². The summed E-state index contributed by atoms with van der Waals surface area (Å²) in [6.45, 7) is 1.66. The predicted molar refractivity (Wildman–Crippen MR) is 104 cm³/mol. The van der Waals surface area contributed by atoms with Gasteiger partial charge in [0.15, 0.2) is 0 Å². The quantitative estimate of drug-likeness (QED) is 0.538. The summed E-state index contributed by atoms with van der Waals surface area (Å²) in [5, 5.41) is 10.9. The van der Waals surface area contributed by atoms with Crippen molar-refractivity contribution in [2.75, 3.05) is 5.32 Å². The first-order chi connectivity index (χ1) is 14.4. The van der Waals surface area contributed by atoms with Crippen LogP contribution in [0.3, 0.4) is 0 Å². The third kappa shape index (κ3) is 3.82. The van der Waals surface area contributed by atoms with E-state index in [4.69, 9.17) is 0 Å². The summed E-state index contributed by atoms with van der Waals surface area (Å²) in [6, 6.07) is 9.20. The molecule has 0 aliphatic rings. The maximum absolute atomic E-state index is 14.0. The largest absolute Gasteiger partial charge is 0.306 e. The molecule has 152 valence electrons. The number of hydrogen-bond acceptors (Lipinski definition) is 3. The highest BCUT2D eigenvalue weighted by atomic mass is 19.1. The molecule has 0 saturated carbocycles. The van der Waals surface area contributed by atoms with Crippen LogP contribution < -0.4 is 5.32 Å². The lowest BCUT2D eigenvalue weighted by atomic mass is 10.2. The molecule has 2 aromatic heterocycles. The molecule has 0 aliphatic carbocycles. The average molecular weight is 411 g/mol. The van der Waals surface area contributed by atoms with Gasteiger partial charge in [-0.2, -0.15) is 10.2 Å². The Morgan fingerprint density at radius 1 is 1.03 bits per heavy atom. The lowest BCUT2D eigenvalue weighted by Crippen LogP contribution is -2.17. The van der Waals surface area contributed by atoms with E-state index >= 15 is 0 Å². The summed E-state index contributed by atoms with van der Waals surface area (Å²) in [4.78, 5) is 12.7. The van der Waals surface area contributed by atoms with Crippen LogP contribution in [0.5, 0.6) is 0 Å². The van der Waals surface area contributed by atoms with Crippen molar-refractivity contribution in [3.8, 4) is 5.69 Å². The van der Waals surface area contributed by atoms with Gasteiger partial charge < -0.3 is 5.32 Å². The number of halogens is 3. The molecule has 0 radical (unpaired) electrons. The van der Waals surface area contributed by atoms with Gasteiger partial charge in [0.05, 0.1) is 24.5 Å². The average Bonchev–Trinajstić information content (AvgIpc) is 3.34. The van der Waals surface area contributed by atoms with Crippen LogP contribution in [0.1, 0.15) is 21.5 Å². The minimum atomic E-state index is -0.576. The highest BCUT2D eigenvalue weighted by Gasteiger charge is 2.17. The molecule has 0 spiro atoms. The van der Waals surface area contributed by atoms with Crippen molar-refractivity contribution in [3.05, 3.63) is 95.2 Å². The number of carbonyl (C=O) groups is 1. The van der Waals surface area contributed by atoms with E-state index < -0.39 is 23.4 Å². The Morgan fingerprint density at radius 2 is 1.83 bits per heavy atom. The second kappa shape index (κ2) is 7.86. The summed E-state index contributed by atoms with van der Waals surface area (Å²) in [6.07, 6.45) is 4.22. The van der Waals surface area contributed by atoms with E-state index in [2.05, 4.69) is 15.5 Å². The highest BCUT2D eigenvalue weighted by Crippen LogP contribution is 2.19. The number of amides is 1. The number of anilines is 1. The molecule has 1 N–H and O–H groups in total. The van der Waals surface area contributed by atoms with Crippen molar-refractivity contribution in [2.24, 2.45) is 0 Å². The third-order valence-electron chi connectivity index (χ3n) is 4.53. The van der Waals surface area contributed by atoms with Crippen LogP contribution in [0, 0.1) is 24.4 Å². The van der Waals surface area contributed by atoms with E-state index in [1.165, 1.54) is 40.1 Å². The summed E-state index contributed by atoms with van der Waals surface area (Å²) in [5.74, 6) is -1.78. The van der Waals surface area contributed by atoms with Gasteiger partial charge in [0.25, 0.3) is 5.91 Å². The number of para-hydroxylation sites is 1. The van der Waals surface area contributed by atoms with E-state index in [0.717, 1.165) is 18.2 Å². The van der Waals surface area contributed by atoms with Crippen LogP contribution >= 0.6 is 0 Å². The van der Waals surface area contributed by atoms with Crippen molar-refractivity contribution in [2.45, 2.75) is 13.5 Å². The van der Waals surface area contributed by atoms with Gasteiger partial charge in [-0.25, -0.2) is 22.5 Å². The smallest absolute Gasteiger partial charge is 0.260 e. The fourth-order valence-corrected chi connectivity index (χ4v) is 2.98. The van der Waals surface area contributed by atoms with Crippen molar-refractivity contribution in [3.63, 3.8) is 0 Å². The number of nitrogens with zero attached hydrogens (tertiary/aromatic N) is 4. The topological polar surface area (TPSA) is 64.7 Å². The highest BCUT2D eigenvalue weighted by molar-refractivity contribution is 6.03. The first-order valence-electron chi connectivity index (χ1n) is 8.99. The van der Waals surface area contributed by atoms with Gasteiger partial charge in [-0.15, -0.1) is 0 Å². The van der Waals surface area contributed by atoms with Crippen LogP contribution in [-0.2, 0) is 6.54 Å². The number of nitrogens with one attached hydrogen (secondary N) is 1. The van der Waals surface area contributed by atoms with Crippen LogP contribution in [0.15, 0.2) is 61.1 Å². The van der Waals surface area contributed by atoms with E-state index in [1.807, 2.05) is 0 Å². The maximum atomic E-state index is 14.0. The van der Waals surface area contributed by atoms with Crippen LogP contribution in [0.25, 0.3) is 5.69 Å². The Bertz CT molecular complexity index is 1230. The Hall–Kier alpha value is -3.88. The van der Waals surface area contributed by atoms with E-state index in [1.54, 1.807) is 19.1 Å². The molecule has 0 fully saturated rings.